The van der Waals surface area contributed by atoms with Gasteiger partial charge in [0.25, 0.3) is 0 Å². The van der Waals surface area contributed by atoms with E-state index in [9.17, 15) is 9.90 Å². The number of thioether (sulfide) groups is 2. The fraction of sp³-hybridized carbons (Fsp3) is 0.382. The number of ether oxygens (including phenoxy) is 1. The first-order chi connectivity index (χ1) is 21.7. The number of nitrogens with zero attached hydrogens (tertiary/aromatic N) is 4. The second-order valence-corrected chi connectivity index (χ2v) is 14.0. The van der Waals surface area contributed by atoms with Crippen LogP contribution in [0.5, 0.6) is 5.75 Å². The third-order valence-corrected chi connectivity index (χ3v) is 11.1. The summed E-state index contributed by atoms with van der Waals surface area (Å²) in [5.41, 5.74) is 16.3. The molecule has 3 heterocycles. The van der Waals surface area contributed by atoms with Crippen molar-refractivity contribution >= 4 is 57.7 Å². The number of aromatic carboxylic acids is 1. The Bertz CT molecular complexity index is 1870. The molecule has 236 valence electrons. The van der Waals surface area contributed by atoms with Crippen LogP contribution in [0.1, 0.15) is 51.4 Å². The van der Waals surface area contributed by atoms with Crippen molar-refractivity contribution in [2.75, 3.05) is 25.2 Å². The summed E-state index contributed by atoms with van der Waals surface area (Å²) in [6.07, 6.45) is 5.82. The van der Waals surface area contributed by atoms with E-state index in [-0.39, 0.29) is 5.69 Å². The van der Waals surface area contributed by atoms with E-state index in [1.54, 1.807) is 23.5 Å². The second kappa shape index (κ2) is 13.2. The number of nitrogens with two attached hydrogens (primary N) is 1. The lowest BCUT2D eigenvalue weighted by molar-refractivity contribution is 0.0684. The van der Waals surface area contributed by atoms with Crippen molar-refractivity contribution in [2.45, 2.75) is 56.7 Å². The highest BCUT2D eigenvalue weighted by Crippen LogP contribution is 2.43. The van der Waals surface area contributed by atoms with Crippen LogP contribution in [0.2, 0.25) is 5.02 Å². The topological polar surface area (TPSA) is 108 Å². The van der Waals surface area contributed by atoms with Crippen LogP contribution in [0.4, 0.5) is 0 Å². The maximum Gasteiger partial charge on any atom is 0.352 e. The molecule has 2 aromatic carbocycles. The molecule has 11 heteroatoms. The number of aryl methyl sites for hydroxylation is 4. The first-order valence-electron chi connectivity index (χ1n) is 15.2. The number of carboxylic acids is 1. The third-order valence-electron chi connectivity index (χ3n) is 8.75. The molecule has 0 atom stereocenters. The molecule has 6 bridgehead atoms. The molecule has 45 heavy (non-hydrogen) atoms. The highest BCUT2D eigenvalue weighted by Gasteiger charge is 2.27. The van der Waals surface area contributed by atoms with Gasteiger partial charge in [-0.3, -0.25) is 9.67 Å². The Morgan fingerprint density at radius 2 is 1.96 bits per heavy atom. The van der Waals surface area contributed by atoms with Gasteiger partial charge in [-0.2, -0.15) is 5.10 Å². The van der Waals surface area contributed by atoms with Crippen LogP contribution in [-0.2, 0) is 32.2 Å². The number of fused-ring (bicyclic) bond motifs is 6. The molecule has 0 saturated carbocycles. The molecule has 0 unspecified atom stereocenters. The van der Waals surface area contributed by atoms with Crippen molar-refractivity contribution in [2.24, 2.45) is 17.8 Å². The molecule has 6 rings (SSSR count). The van der Waals surface area contributed by atoms with Crippen LogP contribution in [0, 0.1) is 13.8 Å². The van der Waals surface area contributed by atoms with Gasteiger partial charge in [-0.1, -0.05) is 11.6 Å². The van der Waals surface area contributed by atoms with Crippen LogP contribution < -0.4 is 10.5 Å². The number of carboxylic acid groups (broad SMARTS) is 1. The fourth-order valence-electron chi connectivity index (χ4n) is 6.57. The van der Waals surface area contributed by atoms with Crippen LogP contribution in [0.15, 0.2) is 45.9 Å². The average molecular weight is 664 g/mol. The van der Waals surface area contributed by atoms with Crippen LogP contribution in [0.25, 0.3) is 22.0 Å². The van der Waals surface area contributed by atoms with E-state index in [4.69, 9.17) is 27.2 Å². The summed E-state index contributed by atoms with van der Waals surface area (Å²) < 4.78 is 10.2. The van der Waals surface area contributed by atoms with E-state index in [2.05, 4.69) is 17.1 Å². The van der Waals surface area contributed by atoms with Gasteiger partial charge in [-0.05, 0) is 86.6 Å². The van der Waals surface area contributed by atoms with Crippen molar-refractivity contribution in [1.29, 1.82) is 0 Å². The van der Waals surface area contributed by atoms with Crippen molar-refractivity contribution in [1.82, 2.24) is 14.3 Å². The number of rotatable bonds is 1. The zero-order valence-corrected chi connectivity index (χ0v) is 28.5. The van der Waals surface area contributed by atoms with Gasteiger partial charge in [0.15, 0.2) is 0 Å². The summed E-state index contributed by atoms with van der Waals surface area (Å²) in [5, 5.41) is 16.7. The number of hydrogen-bond donors (Lipinski definition) is 2. The van der Waals surface area contributed by atoms with E-state index >= 15 is 0 Å². The van der Waals surface area contributed by atoms with Crippen LogP contribution in [-0.4, -0.2) is 56.3 Å². The Morgan fingerprint density at radius 3 is 2.73 bits per heavy atom. The van der Waals surface area contributed by atoms with Crippen molar-refractivity contribution in [3.63, 3.8) is 0 Å². The molecule has 0 fully saturated rings. The van der Waals surface area contributed by atoms with E-state index in [1.807, 2.05) is 55.4 Å². The lowest BCUT2D eigenvalue weighted by Gasteiger charge is -2.15. The minimum Gasteiger partial charge on any atom is -0.493 e. The van der Waals surface area contributed by atoms with E-state index in [0.29, 0.717) is 47.4 Å². The van der Waals surface area contributed by atoms with E-state index in [1.165, 1.54) is 11.1 Å². The van der Waals surface area contributed by atoms with Crippen molar-refractivity contribution in [3.05, 3.63) is 74.8 Å². The quantitative estimate of drug-likeness (QED) is 0.221. The zero-order valence-electron chi connectivity index (χ0n) is 26.1. The molecule has 0 amide bonds. The first-order valence-corrected chi connectivity index (χ1v) is 17.7. The molecule has 4 aromatic rings. The Balaban J connectivity index is 1.46. The smallest absolute Gasteiger partial charge is 0.352 e. The highest BCUT2D eigenvalue weighted by molar-refractivity contribution is 8.00. The molecule has 3 N–H and O–H groups in total. The lowest BCUT2D eigenvalue weighted by Crippen LogP contribution is -2.12. The minimum atomic E-state index is -0.959. The maximum atomic E-state index is 12.7. The minimum absolute atomic E-state index is 0.277. The highest BCUT2D eigenvalue weighted by atomic mass is 35.5. The molecule has 0 spiro atoms. The number of aromatic nitrogens is 3. The lowest BCUT2D eigenvalue weighted by atomic mass is 9.97. The molecule has 8 nitrogen and oxygen atoms in total. The fourth-order valence-corrected chi connectivity index (χ4v) is 8.58. The number of aliphatic imine (C=N–C) groups is 1. The van der Waals surface area contributed by atoms with Gasteiger partial charge < -0.3 is 20.1 Å². The third kappa shape index (κ3) is 6.12. The van der Waals surface area contributed by atoms with Crippen LogP contribution >= 0.6 is 35.1 Å². The monoisotopic (exact) mass is 663 g/mol. The van der Waals surface area contributed by atoms with Crippen molar-refractivity contribution < 1.29 is 14.6 Å². The molecule has 0 radical (unpaired) electrons. The SMILES string of the molecule is CN=C1C=C(N)CSCc2nn(C)c(C)c2-c2c(Cl)ccc3c2c(C)c(C(=O)O)n3CCCOc2cc(cc3c2CCC3)SC1. The molecule has 1 aliphatic heterocycles. The zero-order chi connectivity index (χ0) is 31.8. The summed E-state index contributed by atoms with van der Waals surface area (Å²) in [4.78, 5) is 18.4. The number of hydrogen-bond acceptors (Lipinski definition) is 7. The number of halogens is 1. The maximum absolute atomic E-state index is 12.7. The van der Waals surface area contributed by atoms with Gasteiger partial charge >= 0.3 is 5.97 Å². The Hall–Kier alpha value is -3.34. The summed E-state index contributed by atoms with van der Waals surface area (Å²) in [6, 6.07) is 8.23. The summed E-state index contributed by atoms with van der Waals surface area (Å²) in [7, 11) is 3.73. The average Bonchev–Trinajstić information content (AvgIpc) is 3.67. The molecular formula is C34H38ClN5O3S2. The predicted molar refractivity (Wildman–Crippen MR) is 187 cm³/mol. The number of carbonyl (C=O) groups is 1. The largest absolute Gasteiger partial charge is 0.493 e. The van der Waals surface area contributed by atoms with Crippen LogP contribution in [0.3, 0.4) is 0 Å². The normalized spacial score (nSPS) is 17.1. The second-order valence-electron chi connectivity index (χ2n) is 11.6. The molecule has 0 saturated heterocycles. The van der Waals surface area contributed by atoms with E-state index < -0.39 is 5.97 Å². The Labute approximate surface area is 277 Å². The molecule has 2 aliphatic rings. The number of allylic oxidation sites excluding steroid dienone is 1. The van der Waals surface area contributed by atoms with Gasteiger partial charge in [0.2, 0.25) is 0 Å². The van der Waals surface area contributed by atoms with Gasteiger partial charge in [0.1, 0.15) is 11.4 Å². The Kier molecular flexibility index (Phi) is 9.27. The predicted octanol–water partition coefficient (Wildman–Crippen LogP) is 7.22. The van der Waals surface area contributed by atoms with Gasteiger partial charge in [-0.25, -0.2) is 4.79 Å². The van der Waals surface area contributed by atoms with Gasteiger partial charge in [-0.15, -0.1) is 23.5 Å². The standard InChI is InChI=1S/C34H38ClN5O3S2/c1-19-30-28-10-9-26(35)32(30)31-20(2)39(4)38-27(31)18-44-16-22(36)14-23(37-3)17-45-24-13-21-7-5-8-25(21)29(15-24)43-12-6-11-40(28)33(19)34(41)42/h9-10,13-15H,5-8,11-12,16-18,36H2,1-4H3,(H,41,42). The number of benzene rings is 2. The summed E-state index contributed by atoms with van der Waals surface area (Å²) in [6.45, 7) is 4.88. The van der Waals surface area contributed by atoms with Crippen molar-refractivity contribution in [3.8, 4) is 16.9 Å². The first kappa shape index (κ1) is 31.6. The summed E-state index contributed by atoms with van der Waals surface area (Å²) in [5.74, 6) is 1.91. The molecule has 2 aromatic heterocycles. The van der Waals surface area contributed by atoms with E-state index in [0.717, 1.165) is 74.7 Å². The summed E-state index contributed by atoms with van der Waals surface area (Å²) >= 11 is 10.4. The molecular weight excluding hydrogens is 626 g/mol. The van der Waals surface area contributed by atoms with Gasteiger partial charge in [0, 0.05) is 86.9 Å². The Morgan fingerprint density at radius 1 is 1.13 bits per heavy atom. The van der Waals surface area contributed by atoms with Gasteiger partial charge in [0.05, 0.1) is 12.3 Å². The molecule has 1 aliphatic carbocycles.